The molecule has 1 aromatic carbocycles. The molecular weight excluding hydrogens is 362 g/mol. The van der Waals surface area contributed by atoms with Crippen molar-refractivity contribution in [3.63, 3.8) is 0 Å². The molecule has 2 rings (SSSR count). The first-order valence-electron chi connectivity index (χ1n) is 9.29. The molecule has 5 amide bonds. The molecule has 0 aromatic heterocycles. The minimum atomic E-state index is -0.970. The number of ether oxygens (including phenoxy) is 1. The third-order valence-corrected chi connectivity index (χ3v) is 4.57. The van der Waals surface area contributed by atoms with Gasteiger partial charge in [-0.15, -0.1) is 0 Å². The van der Waals surface area contributed by atoms with Gasteiger partial charge >= 0.3 is 17.8 Å². The molecule has 1 N–H and O–H groups in total. The lowest BCUT2D eigenvalue weighted by Gasteiger charge is -2.18. The molecule has 28 heavy (non-hydrogen) atoms. The SMILES string of the molecule is Cc1cc(C)c(C)c(OCCCNC(=O)CN2C(=O)C(=O)N(C(C)C)C2=O)c1. The monoisotopic (exact) mass is 389 g/mol. The Bertz CT molecular complexity index is 803. The van der Waals surface area contributed by atoms with E-state index in [2.05, 4.69) is 11.4 Å². The highest BCUT2D eigenvalue weighted by molar-refractivity contribution is 6.45. The maximum atomic E-state index is 12.1. The second-order valence-corrected chi connectivity index (χ2v) is 7.20. The van der Waals surface area contributed by atoms with Crippen LogP contribution in [0, 0.1) is 20.8 Å². The molecule has 1 aromatic rings. The average molecular weight is 389 g/mol. The van der Waals surface area contributed by atoms with Gasteiger partial charge in [0.25, 0.3) is 0 Å². The minimum Gasteiger partial charge on any atom is -0.493 e. The van der Waals surface area contributed by atoms with Crippen molar-refractivity contribution < 1.29 is 23.9 Å². The number of aryl methyl sites for hydroxylation is 2. The smallest absolute Gasteiger partial charge is 0.334 e. The van der Waals surface area contributed by atoms with Crippen LogP contribution in [0.1, 0.15) is 37.0 Å². The summed E-state index contributed by atoms with van der Waals surface area (Å²) in [7, 11) is 0. The van der Waals surface area contributed by atoms with Gasteiger partial charge < -0.3 is 10.1 Å². The highest BCUT2D eigenvalue weighted by atomic mass is 16.5. The van der Waals surface area contributed by atoms with Gasteiger partial charge in [0, 0.05) is 12.6 Å². The standard InChI is InChI=1S/C20H27N3O5/c1-12(2)23-19(26)18(25)22(20(23)27)11-17(24)21-7-6-8-28-16-10-13(3)9-14(4)15(16)5/h9-10,12H,6-8,11H2,1-5H3,(H,21,24). The van der Waals surface area contributed by atoms with Gasteiger partial charge in [-0.05, 0) is 63.8 Å². The summed E-state index contributed by atoms with van der Waals surface area (Å²) in [6.45, 7) is 9.58. The van der Waals surface area contributed by atoms with Crippen LogP contribution in [0.25, 0.3) is 0 Å². The summed E-state index contributed by atoms with van der Waals surface area (Å²) in [5.41, 5.74) is 3.37. The molecule has 8 heteroatoms. The number of benzene rings is 1. The third kappa shape index (κ3) is 4.68. The highest BCUT2D eigenvalue weighted by Gasteiger charge is 2.46. The van der Waals surface area contributed by atoms with E-state index in [-0.39, 0.29) is 0 Å². The van der Waals surface area contributed by atoms with Crippen molar-refractivity contribution in [2.45, 2.75) is 47.1 Å². The second kappa shape index (κ2) is 8.86. The first-order valence-corrected chi connectivity index (χ1v) is 9.29. The fourth-order valence-corrected chi connectivity index (χ4v) is 2.95. The fourth-order valence-electron chi connectivity index (χ4n) is 2.95. The van der Waals surface area contributed by atoms with Crippen LogP contribution >= 0.6 is 0 Å². The van der Waals surface area contributed by atoms with Crippen LogP contribution in [-0.2, 0) is 14.4 Å². The van der Waals surface area contributed by atoms with E-state index in [1.165, 1.54) is 0 Å². The van der Waals surface area contributed by atoms with E-state index < -0.39 is 36.3 Å². The van der Waals surface area contributed by atoms with Crippen LogP contribution in [0.15, 0.2) is 12.1 Å². The number of carbonyl (C=O) groups is 4. The molecule has 0 atom stereocenters. The molecule has 0 aliphatic carbocycles. The molecule has 1 aliphatic rings. The summed E-state index contributed by atoms with van der Waals surface area (Å²) < 4.78 is 5.78. The van der Waals surface area contributed by atoms with Gasteiger partial charge in [0.05, 0.1) is 6.61 Å². The number of nitrogens with one attached hydrogen (secondary N) is 1. The van der Waals surface area contributed by atoms with Crippen molar-refractivity contribution in [2.75, 3.05) is 19.7 Å². The van der Waals surface area contributed by atoms with Crippen molar-refractivity contribution in [3.8, 4) is 5.75 Å². The van der Waals surface area contributed by atoms with E-state index in [0.717, 1.165) is 27.3 Å². The lowest BCUT2D eigenvalue weighted by molar-refractivity contribution is -0.144. The van der Waals surface area contributed by atoms with E-state index in [1.54, 1.807) is 13.8 Å². The molecule has 1 aliphatic heterocycles. The van der Waals surface area contributed by atoms with Gasteiger partial charge in [-0.2, -0.15) is 0 Å². The number of imide groups is 2. The van der Waals surface area contributed by atoms with Crippen LogP contribution in [-0.4, -0.2) is 59.3 Å². The van der Waals surface area contributed by atoms with E-state index in [4.69, 9.17) is 4.74 Å². The number of urea groups is 1. The first-order chi connectivity index (χ1) is 13.1. The molecule has 0 unspecified atom stereocenters. The lowest BCUT2D eigenvalue weighted by Crippen LogP contribution is -2.42. The van der Waals surface area contributed by atoms with Crippen LogP contribution in [0.3, 0.4) is 0 Å². The van der Waals surface area contributed by atoms with E-state index in [9.17, 15) is 19.2 Å². The third-order valence-electron chi connectivity index (χ3n) is 4.57. The van der Waals surface area contributed by atoms with Crippen LogP contribution in [0.4, 0.5) is 4.79 Å². The molecule has 0 spiro atoms. The zero-order chi connectivity index (χ0) is 21.0. The summed E-state index contributed by atoms with van der Waals surface area (Å²) in [6.07, 6.45) is 0.567. The Morgan fingerprint density at radius 1 is 1.11 bits per heavy atom. The molecule has 1 heterocycles. The van der Waals surface area contributed by atoms with E-state index in [1.807, 2.05) is 26.8 Å². The Hall–Kier alpha value is -2.90. The fraction of sp³-hybridized carbons (Fsp3) is 0.500. The summed E-state index contributed by atoms with van der Waals surface area (Å²) >= 11 is 0. The Balaban J connectivity index is 1.77. The molecule has 1 saturated heterocycles. The van der Waals surface area contributed by atoms with Gasteiger partial charge in [-0.1, -0.05) is 6.07 Å². The van der Waals surface area contributed by atoms with Crippen LogP contribution in [0.2, 0.25) is 0 Å². The topological polar surface area (TPSA) is 96.0 Å². The zero-order valence-corrected chi connectivity index (χ0v) is 17.0. The average Bonchev–Trinajstić information content (AvgIpc) is 2.82. The predicted octanol–water partition coefficient (Wildman–Crippen LogP) is 1.70. The van der Waals surface area contributed by atoms with Gasteiger partial charge in [-0.25, -0.2) is 9.69 Å². The lowest BCUT2D eigenvalue weighted by atomic mass is 10.1. The number of rotatable bonds is 8. The molecule has 1 fully saturated rings. The predicted molar refractivity (Wildman–Crippen MR) is 103 cm³/mol. The maximum absolute atomic E-state index is 12.1. The summed E-state index contributed by atoms with van der Waals surface area (Å²) in [5, 5.41) is 2.64. The summed E-state index contributed by atoms with van der Waals surface area (Å²) in [4.78, 5) is 49.4. The van der Waals surface area contributed by atoms with Crippen molar-refractivity contribution in [1.29, 1.82) is 0 Å². The van der Waals surface area contributed by atoms with Gasteiger partial charge in [0.1, 0.15) is 12.3 Å². The molecule has 0 bridgehead atoms. The van der Waals surface area contributed by atoms with Gasteiger partial charge in [-0.3, -0.25) is 19.3 Å². The largest absolute Gasteiger partial charge is 0.493 e. The normalized spacial score (nSPS) is 14.3. The van der Waals surface area contributed by atoms with Crippen molar-refractivity contribution in [1.82, 2.24) is 15.1 Å². The minimum absolute atomic E-state index is 0.334. The number of hydrogen-bond acceptors (Lipinski definition) is 5. The number of nitrogens with zero attached hydrogens (tertiary/aromatic N) is 2. The Kier molecular flexibility index (Phi) is 6.77. The van der Waals surface area contributed by atoms with Crippen molar-refractivity contribution in [2.24, 2.45) is 0 Å². The van der Waals surface area contributed by atoms with Gasteiger partial charge in [0.15, 0.2) is 0 Å². The first kappa shape index (κ1) is 21.4. The zero-order valence-electron chi connectivity index (χ0n) is 17.0. The van der Waals surface area contributed by atoms with Crippen LogP contribution in [0.5, 0.6) is 5.75 Å². The van der Waals surface area contributed by atoms with Crippen molar-refractivity contribution >= 4 is 23.8 Å². The molecular formula is C20H27N3O5. The number of carbonyl (C=O) groups excluding carboxylic acids is 4. The van der Waals surface area contributed by atoms with E-state index in [0.29, 0.717) is 24.5 Å². The number of amides is 5. The Labute approximate surface area is 164 Å². The Morgan fingerprint density at radius 2 is 1.79 bits per heavy atom. The maximum Gasteiger partial charge on any atom is 0.334 e. The molecule has 8 nitrogen and oxygen atoms in total. The van der Waals surface area contributed by atoms with Gasteiger partial charge in [0.2, 0.25) is 5.91 Å². The van der Waals surface area contributed by atoms with Crippen LogP contribution < -0.4 is 10.1 Å². The Morgan fingerprint density at radius 3 is 2.39 bits per heavy atom. The van der Waals surface area contributed by atoms with E-state index >= 15 is 0 Å². The highest BCUT2D eigenvalue weighted by Crippen LogP contribution is 2.23. The molecule has 0 radical (unpaired) electrons. The summed E-state index contributed by atoms with van der Waals surface area (Å²) in [6, 6.07) is 2.87. The van der Waals surface area contributed by atoms with Crippen molar-refractivity contribution in [3.05, 3.63) is 28.8 Å². The quantitative estimate of drug-likeness (QED) is 0.415. The second-order valence-electron chi connectivity index (χ2n) is 7.20. The molecule has 152 valence electrons. The molecule has 0 saturated carbocycles. The summed E-state index contributed by atoms with van der Waals surface area (Å²) in [5.74, 6) is -1.54. The number of hydrogen-bond donors (Lipinski definition) is 1.